The predicted octanol–water partition coefficient (Wildman–Crippen LogP) is 0.802. The Labute approximate surface area is 153 Å². The normalized spacial score (nSPS) is 21.1. The van der Waals surface area contributed by atoms with Crippen LogP contribution in [0, 0.1) is 6.92 Å². The van der Waals surface area contributed by atoms with Crippen LogP contribution in [0.1, 0.15) is 24.0 Å². The molecule has 0 saturated carbocycles. The molecule has 1 aliphatic heterocycles. The van der Waals surface area contributed by atoms with Crippen molar-refractivity contribution in [2.24, 2.45) is 12.8 Å². The Hall–Kier alpha value is -2.23. The van der Waals surface area contributed by atoms with Crippen molar-refractivity contribution in [2.45, 2.75) is 30.7 Å². The molecule has 0 spiro atoms. The number of carbonyl (C=O) groups excluding carboxylic acids is 1. The smallest absolute Gasteiger partial charge is 0.243 e. The maximum absolute atomic E-state index is 13.2. The van der Waals surface area contributed by atoms with Crippen molar-refractivity contribution >= 4 is 21.6 Å². The third-order valence-corrected chi connectivity index (χ3v) is 6.58. The fourth-order valence-electron chi connectivity index (χ4n) is 3.27. The van der Waals surface area contributed by atoms with Crippen LogP contribution in [0.5, 0.6) is 0 Å². The van der Waals surface area contributed by atoms with Gasteiger partial charge in [0.1, 0.15) is 0 Å². The van der Waals surface area contributed by atoms with E-state index in [0.29, 0.717) is 17.8 Å². The van der Waals surface area contributed by atoms with Crippen molar-refractivity contribution in [1.82, 2.24) is 14.1 Å². The molecule has 3 rings (SSSR count). The molecule has 2 heterocycles. The number of sulfonamides is 1. The minimum atomic E-state index is -3.72. The van der Waals surface area contributed by atoms with Crippen molar-refractivity contribution in [2.75, 3.05) is 18.4 Å². The van der Waals surface area contributed by atoms with E-state index in [1.54, 1.807) is 29.9 Å². The number of benzene rings is 1. The zero-order chi connectivity index (χ0) is 19.1. The van der Waals surface area contributed by atoms with E-state index in [9.17, 15) is 13.2 Å². The minimum absolute atomic E-state index is 0.0997. The van der Waals surface area contributed by atoms with Crippen molar-refractivity contribution in [3.63, 3.8) is 0 Å². The molecule has 1 aromatic heterocycles. The number of aromatic nitrogens is 2. The number of aryl methyl sites for hydroxylation is 2. The molecular formula is C17H23N5O3S. The summed E-state index contributed by atoms with van der Waals surface area (Å²) in [5, 5.41) is 6.77. The van der Waals surface area contributed by atoms with E-state index in [-0.39, 0.29) is 29.3 Å². The van der Waals surface area contributed by atoms with Crippen LogP contribution in [0.2, 0.25) is 0 Å². The first kappa shape index (κ1) is 18.6. The minimum Gasteiger partial charge on any atom is -0.326 e. The monoisotopic (exact) mass is 377 g/mol. The Morgan fingerprint density at radius 2 is 2.08 bits per heavy atom. The second-order valence-corrected chi connectivity index (χ2v) is 8.61. The maximum Gasteiger partial charge on any atom is 0.243 e. The highest BCUT2D eigenvalue weighted by Crippen LogP contribution is 2.32. The average molecular weight is 377 g/mol. The van der Waals surface area contributed by atoms with Gasteiger partial charge in [0.25, 0.3) is 0 Å². The van der Waals surface area contributed by atoms with Crippen molar-refractivity contribution in [3.05, 3.63) is 41.7 Å². The lowest BCUT2D eigenvalue weighted by Gasteiger charge is -2.18. The molecule has 0 unspecified atom stereocenters. The van der Waals surface area contributed by atoms with Gasteiger partial charge in [0.05, 0.1) is 11.1 Å². The van der Waals surface area contributed by atoms with E-state index in [0.717, 1.165) is 5.56 Å². The molecular weight excluding hydrogens is 354 g/mol. The lowest BCUT2D eigenvalue weighted by Crippen LogP contribution is -2.32. The Morgan fingerprint density at radius 1 is 1.35 bits per heavy atom. The number of nitrogens with two attached hydrogens (primary N) is 1. The van der Waals surface area contributed by atoms with Gasteiger partial charge in [-0.3, -0.25) is 9.48 Å². The molecule has 1 aliphatic rings. The van der Waals surface area contributed by atoms with Crippen LogP contribution in [0.3, 0.4) is 0 Å². The lowest BCUT2D eigenvalue weighted by atomic mass is 9.98. The van der Waals surface area contributed by atoms with Crippen molar-refractivity contribution in [3.8, 4) is 0 Å². The quantitative estimate of drug-likeness (QED) is 0.819. The lowest BCUT2D eigenvalue weighted by molar-refractivity contribution is -0.114. The molecule has 0 bridgehead atoms. The highest BCUT2D eigenvalue weighted by Gasteiger charge is 2.39. The summed E-state index contributed by atoms with van der Waals surface area (Å²) >= 11 is 0. The molecule has 2 atom stereocenters. The topological polar surface area (TPSA) is 110 Å². The molecule has 140 valence electrons. The molecule has 3 N–H and O–H groups in total. The first-order valence-electron chi connectivity index (χ1n) is 8.31. The van der Waals surface area contributed by atoms with Gasteiger partial charge in [-0.05, 0) is 30.2 Å². The highest BCUT2D eigenvalue weighted by atomic mass is 32.2. The third-order valence-electron chi connectivity index (χ3n) is 4.61. The van der Waals surface area contributed by atoms with Gasteiger partial charge in [0.2, 0.25) is 15.9 Å². The fourth-order valence-corrected chi connectivity index (χ4v) is 5.02. The number of rotatable bonds is 4. The molecule has 2 aromatic rings. The number of nitrogens with zero attached hydrogens (tertiary/aromatic N) is 3. The zero-order valence-corrected chi connectivity index (χ0v) is 15.8. The molecule has 1 fully saturated rings. The summed E-state index contributed by atoms with van der Waals surface area (Å²) in [4.78, 5) is 11.4. The van der Waals surface area contributed by atoms with E-state index in [4.69, 9.17) is 5.73 Å². The molecule has 1 aromatic carbocycles. The summed E-state index contributed by atoms with van der Waals surface area (Å²) in [6.45, 7) is 3.66. The van der Waals surface area contributed by atoms with Gasteiger partial charge in [-0.25, -0.2) is 8.42 Å². The van der Waals surface area contributed by atoms with Crippen LogP contribution in [0.15, 0.2) is 35.5 Å². The standard InChI is InChI=1S/C17H23N5O3S/c1-11-4-5-14(20-12(2)23)6-17(11)26(24,25)22-9-15(16(18)10-22)13-7-19-21(3)8-13/h4-8,15-16H,9-10,18H2,1-3H3,(H,20,23)/t15-,16+/m0/s1. The van der Waals surface area contributed by atoms with Gasteiger partial charge >= 0.3 is 0 Å². The number of anilines is 1. The number of carbonyl (C=O) groups is 1. The summed E-state index contributed by atoms with van der Waals surface area (Å²) in [5.74, 6) is -0.352. The SMILES string of the molecule is CC(=O)Nc1ccc(C)c(S(=O)(=O)N2C[C@@H](N)[C@H](c3cnn(C)c3)C2)c1. The number of hydrogen-bond acceptors (Lipinski definition) is 5. The van der Waals surface area contributed by atoms with Crippen molar-refractivity contribution in [1.29, 1.82) is 0 Å². The molecule has 1 amide bonds. The van der Waals surface area contributed by atoms with Gasteiger partial charge in [-0.2, -0.15) is 9.40 Å². The number of amides is 1. The van der Waals surface area contributed by atoms with E-state index in [1.807, 2.05) is 13.2 Å². The number of nitrogens with one attached hydrogen (secondary N) is 1. The van der Waals surface area contributed by atoms with E-state index in [1.165, 1.54) is 17.3 Å². The zero-order valence-electron chi connectivity index (χ0n) is 15.0. The second kappa shape index (κ2) is 6.82. The Bertz CT molecular complexity index is 938. The van der Waals surface area contributed by atoms with Gasteiger partial charge in [-0.15, -0.1) is 0 Å². The van der Waals surface area contributed by atoms with E-state index < -0.39 is 10.0 Å². The van der Waals surface area contributed by atoms with Crippen LogP contribution in [0.4, 0.5) is 5.69 Å². The summed E-state index contributed by atoms with van der Waals surface area (Å²) < 4.78 is 29.4. The van der Waals surface area contributed by atoms with Gasteiger partial charge in [0.15, 0.2) is 0 Å². The molecule has 0 radical (unpaired) electrons. The van der Waals surface area contributed by atoms with Gasteiger partial charge in [-0.1, -0.05) is 6.07 Å². The summed E-state index contributed by atoms with van der Waals surface area (Å²) in [5.41, 5.74) is 8.23. The van der Waals surface area contributed by atoms with Crippen LogP contribution >= 0.6 is 0 Å². The van der Waals surface area contributed by atoms with Crippen LogP contribution < -0.4 is 11.1 Å². The van der Waals surface area contributed by atoms with Crippen molar-refractivity contribution < 1.29 is 13.2 Å². The Kier molecular flexibility index (Phi) is 4.87. The average Bonchev–Trinajstić information content (AvgIpc) is 3.14. The largest absolute Gasteiger partial charge is 0.326 e. The van der Waals surface area contributed by atoms with Gasteiger partial charge in [0, 0.05) is 50.9 Å². The maximum atomic E-state index is 13.2. The molecule has 8 nitrogen and oxygen atoms in total. The van der Waals surface area contributed by atoms with Crippen LogP contribution in [-0.4, -0.2) is 47.5 Å². The fraction of sp³-hybridized carbons (Fsp3) is 0.412. The third kappa shape index (κ3) is 3.50. The Balaban J connectivity index is 1.90. The summed E-state index contributed by atoms with van der Waals surface area (Å²) in [6.07, 6.45) is 3.59. The van der Waals surface area contributed by atoms with Crippen LogP contribution in [0.25, 0.3) is 0 Å². The van der Waals surface area contributed by atoms with Gasteiger partial charge < -0.3 is 11.1 Å². The molecule has 0 aliphatic carbocycles. The van der Waals surface area contributed by atoms with E-state index in [2.05, 4.69) is 10.4 Å². The molecule has 26 heavy (non-hydrogen) atoms. The van der Waals surface area contributed by atoms with Crippen LogP contribution in [-0.2, 0) is 21.9 Å². The first-order chi connectivity index (χ1) is 12.2. The van der Waals surface area contributed by atoms with E-state index >= 15 is 0 Å². The Morgan fingerprint density at radius 3 is 2.69 bits per heavy atom. The summed E-state index contributed by atoms with van der Waals surface area (Å²) in [6, 6.07) is 4.57. The highest BCUT2D eigenvalue weighted by molar-refractivity contribution is 7.89. The molecule has 1 saturated heterocycles. The number of hydrogen-bond donors (Lipinski definition) is 2. The summed E-state index contributed by atoms with van der Waals surface area (Å²) in [7, 11) is -1.91. The second-order valence-electron chi connectivity index (χ2n) is 6.70. The first-order valence-corrected chi connectivity index (χ1v) is 9.75. The predicted molar refractivity (Wildman–Crippen MR) is 98.2 cm³/mol. The molecule has 9 heteroatoms.